The summed E-state index contributed by atoms with van der Waals surface area (Å²) in [6.07, 6.45) is 4.28. The van der Waals surface area contributed by atoms with Crippen LogP contribution in [-0.4, -0.2) is 15.6 Å². The minimum atomic E-state index is -1.15. The first-order valence-corrected chi connectivity index (χ1v) is 7.09. The SMILES string of the molecule is Cc1ccn(C2CCc3ccccc3C2)c(=O)c1C(=O)O. The molecule has 4 nitrogen and oxygen atoms in total. The topological polar surface area (TPSA) is 59.3 Å². The van der Waals surface area contributed by atoms with Crippen molar-refractivity contribution in [1.82, 2.24) is 4.57 Å². The molecule has 1 aliphatic carbocycles. The maximum absolute atomic E-state index is 12.4. The summed E-state index contributed by atoms with van der Waals surface area (Å²) in [6, 6.07) is 9.98. The van der Waals surface area contributed by atoms with E-state index >= 15 is 0 Å². The third kappa shape index (κ3) is 2.37. The van der Waals surface area contributed by atoms with Crippen LogP contribution in [0.15, 0.2) is 41.3 Å². The van der Waals surface area contributed by atoms with Crippen LogP contribution < -0.4 is 5.56 Å². The largest absolute Gasteiger partial charge is 0.477 e. The number of aromatic nitrogens is 1. The number of carboxylic acids is 1. The van der Waals surface area contributed by atoms with Gasteiger partial charge in [-0.05, 0) is 48.9 Å². The lowest BCUT2D eigenvalue weighted by atomic mass is 9.88. The first kappa shape index (κ1) is 13.6. The van der Waals surface area contributed by atoms with Gasteiger partial charge in [-0.15, -0.1) is 0 Å². The van der Waals surface area contributed by atoms with Gasteiger partial charge in [0.05, 0.1) is 0 Å². The number of carboxylic acid groups (broad SMARTS) is 1. The van der Waals surface area contributed by atoms with Gasteiger partial charge in [-0.1, -0.05) is 24.3 Å². The number of carbonyl (C=O) groups is 1. The molecule has 21 heavy (non-hydrogen) atoms. The smallest absolute Gasteiger partial charge is 0.341 e. The highest BCUT2D eigenvalue weighted by Crippen LogP contribution is 2.28. The van der Waals surface area contributed by atoms with Gasteiger partial charge in [0.15, 0.2) is 0 Å². The molecular formula is C17H17NO3. The molecule has 0 radical (unpaired) electrons. The standard InChI is InChI=1S/C17H17NO3/c1-11-8-9-18(16(19)15(11)17(20)21)14-7-6-12-4-2-3-5-13(12)10-14/h2-5,8-9,14H,6-7,10H2,1H3,(H,20,21). The number of benzene rings is 1. The van der Waals surface area contributed by atoms with Crippen molar-refractivity contribution >= 4 is 5.97 Å². The Kier molecular flexibility index (Phi) is 3.37. The predicted octanol–water partition coefficient (Wildman–Crippen LogP) is 2.58. The van der Waals surface area contributed by atoms with E-state index in [1.54, 1.807) is 23.8 Å². The number of aromatic carboxylic acids is 1. The Bertz CT molecular complexity index is 761. The van der Waals surface area contributed by atoms with E-state index in [4.69, 9.17) is 0 Å². The number of rotatable bonds is 2. The quantitative estimate of drug-likeness (QED) is 0.921. The predicted molar refractivity (Wildman–Crippen MR) is 79.9 cm³/mol. The van der Waals surface area contributed by atoms with Crippen LogP contribution in [0.1, 0.15) is 39.5 Å². The van der Waals surface area contributed by atoms with Crippen LogP contribution >= 0.6 is 0 Å². The zero-order chi connectivity index (χ0) is 15.0. The Morgan fingerprint density at radius 3 is 2.67 bits per heavy atom. The van der Waals surface area contributed by atoms with Crippen molar-refractivity contribution in [1.29, 1.82) is 0 Å². The van der Waals surface area contributed by atoms with Crippen LogP contribution in [0, 0.1) is 6.92 Å². The number of hydrogen-bond acceptors (Lipinski definition) is 2. The van der Waals surface area contributed by atoms with Gasteiger partial charge in [0, 0.05) is 12.2 Å². The van der Waals surface area contributed by atoms with E-state index in [2.05, 4.69) is 12.1 Å². The number of aryl methyl sites for hydroxylation is 2. The first-order chi connectivity index (χ1) is 10.1. The minimum absolute atomic E-state index is 0.0334. The van der Waals surface area contributed by atoms with E-state index in [1.165, 1.54) is 11.1 Å². The summed E-state index contributed by atoms with van der Waals surface area (Å²) < 4.78 is 1.59. The van der Waals surface area contributed by atoms with Crippen molar-refractivity contribution in [3.05, 3.63) is 69.1 Å². The van der Waals surface area contributed by atoms with Gasteiger partial charge in [-0.25, -0.2) is 4.79 Å². The van der Waals surface area contributed by atoms with Gasteiger partial charge < -0.3 is 9.67 Å². The third-order valence-corrected chi connectivity index (χ3v) is 4.26. The summed E-state index contributed by atoms with van der Waals surface area (Å²) in [7, 11) is 0. The van der Waals surface area contributed by atoms with Crippen LogP contribution in [0.4, 0.5) is 0 Å². The van der Waals surface area contributed by atoms with Gasteiger partial charge in [-0.2, -0.15) is 0 Å². The van der Waals surface area contributed by atoms with Crippen molar-refractivity contribution in [3.63, 3.8) is 0 Å². The molecule has 1 aromatic carbocycles. The van der Waals surface area contributed by atoms with E-state index in [0.717, 1.165) is 19.3 Å². The maximum Gasteiger partial charge on any atom is 0.341 e. The highest BCUT2D eigenvalue weighted by molar-refractivity contribution is 5.88. The van der Waals surface area contributed by atoms with Crippen LogP contribution in [-0.2, 0) is 12.8 Å². The third-order valence-electron chi connectivity index (χ3n) is 4.26. The lowest BCUT2D eigenvalue weighted by Gasteiger charge is -2.26. The Morgan fingerprint density at radius 2 is 1.95 bits per heavy atom. The summed E-state index contributed by atoms with van der Waals surface area (Å²) in [5.74, 6) is -1.15. The zero-order valence-corrected chi connectivity index (χ0v) is 11.9. The Balaban J connectivity index is 2.02. The number of hydrogen-bond donors (Lipinski definition) is 1. The van der Waals surface area contributed by atoms with Gasteiger partial charge in [-0.3, -0.25) is 4.79 Å². The molecule has 0 aliphatic heterocycles. The molecule has 0 fully saturated rings. The molecule has 1 aliphatic rings. The summed E-state index contributed by atoms with van der Waals surface area (Å²) in [5, 5.41) is 9.21. The second-order valence-electron chi connectivity index (χ2n) is 5.56. The van der Waals surface area contributed by atoms with Crippen LogP contribution in [0.5, 0.6) is 0 Å². The fourth-order valence-corrected chi connectivity index (χ4v) is 3.10. The zero-order valence-electron chi connectivity index (χ0n) is 11.9. The lowest BCUT2D eigenvalue weighted by molar-refractivity contribution is 0.0693. The van der Waals surface area contributed by atoms with E-state index < -0.39 is 11.5 Å². The summed E-state index contributed by atoms with van der Waals surface area (Å²) in [4.78, 5) is 23.7. The molecule has 0 spiro atoms. The molecule has 108 valence electrons. The molecule has 4 heteroatoms. The molecule has 0 bridgehead atoms. The van der Waals surface area contributed by atoms with Crippen molar-refractivity contribution < 1.29 is 9.90 Å². The minimum Gasteiger partial charge on any atom is -0.477 e. The van der Waals surface area contributed by atoms with Crippen molar-refractivity contribution in [2.24, 2.45) is 0 Å². The summed E-state index contributed by atoms with van der Waals surface area (Å²) >= 11 is 0. The molecule has 1 N–H and O–H groups in total. The summed E-state index contributed by atoms with van der Waals surface area (Å²) in [5.41, 5.74) is 2.58. The number of pyridine rings is 1. The lowest BCUT2D eigenvalue weighted by Crippen LogP contribution is -2.32. The molecule has 1 unspecified atom stereocenters. The van der Waals surface area contributed by atoms with E-state index in [0.29, 0.717) is 5.56 Å². The molecule has 1 heterocycles. The van der Waals surface area contributed by atoms with Crippen LogP contribution in [0.3, 0.4) is 0 Å². The Morgan fingerprint density at radius 1 is 1.24 bits per heavy atom. The average molecular weight is 283 g/mol. The van der Waals surface area contributed by atoms with E-state index in [9.17, 15) is 14.7 Å². The van der Waals surface area contributed by atoms with Gasteiger partial charge in [0.2, 0.25) is 0 Å². The normalized spacial score (nSPS) is 17.3. The molecule has 1 aromatic heterocycles. The van der Waals surface area contributed by atoms with Crippen LogP contribution in [0.2, 0.25) is 0 Å². The fraction of sp³-hybridized carbons (Fsp3) is 0.294. The molecule has 0 saturated heterocycles. The van der Waals surface area contributed by atoms with Gasteiger partial charge in [0.25, 0.3) is 5.56 Å². The summed E-state index contributed by atoms with van der Waals surface area (Å²) in [6.45, 7) is 1.66. The van der Waals surface area contributed by atoms with Gasteiger partial charge in [0.1, 0.15) is 5.56 Å². The monoisotopic (exact) mass is 283 g/mol. The molecule has 3 rings (SSSR count). The van der Waals surface area contributed by atoms with Gasteiger partial charge >= 0.3 is 5.97 Å². The first-order valence-electron chi connectivity index (χ1n) is 7.09. The molecule has 0 saturated carbocycles. The van der Waals surface area contributed by atoms with Crippen molar-refractivity contribution in [3.8, 4) is 0 Å². The average Bonchev–Trinajstić information content (AvgIpc) is 2.46. The second kappa shape index (κ2) is 5.20. The molecule has 2 aromatic rings. The fourth-order valence-electron chi connectivity index (χ4n) is 3.10. The van der Waals surface area contributed by atoms with Crippen molar-refractivity contribution in [2.45, 2.75) is 32.2 Å². The van der Waals surface area contributed by atoms with Crippen molar-refractivity contribution in [2.75, 3.05) is 0 Å². The Labute approximate surface area is 122 Å². The molecule has 1 atom stereocenters. The molecular weight excluding hydrogens is 266 g/mol. The van der Waals surface area contributed by atoms with E-state index in [-0.39, 0.29) is 11.6 Å². The molecule has 0 amide bonds. The Hall–Kier alpha value is -2.36. The van der Waals surface area contributed by atoms with Crippen LogP contribution in [0.25, 0.3) is 0 Å². The number of fused-ring (bicyclic) bond motifs is 1. The van der Waals surface area contributed by atoms with E-state index in [1.807, 2.05) is 12.1 Å². The maximum atomic E-state index is 12.4. The number of nitrogens with zero attached hydrogens (tertiary/aromatic N) is 1. The second-order valence-corrected chi connectivity index (χ2v) is 5.56. The highest BCUT2D eigenvalue weighted by Gasteiger charge is 2.23. The highest BCUT2D eigenvalue weighted by atomic mass is 16.4.